The molecule has 0 radical (unpaired) electrons. The van der Waals surface area contributed by atoms with Gasteiger partial charge in [-0.1, -0.05) is 158 Å². The first-order chi connectivity index (χ1) is 36.7. The van der Waals surface area contributed by atoms with Crippen LogP contribution in [0.1, 0.15) is 17.7 Å². The Labute approximate surface area is 424 Å². The number of aryl methyl sites for hydroxylation is 1. The molecule has 0 saturated carbocycles. The Hall–Kier alpha value is -10.2. The molecule has 1 aliphatic carbocycles. The van der Waals surface area contributed by atoms with E-state index in [1.165, 1.54) is 10.9 Å². The molecule has 6 aromatic heterocycles. The van der Waals surface area contributed by atoms with Crippen molar-refractivity contribution in [2.24, 2.45) is 0 Å². The predicted molar refractivity (Wildman–Crippen MR) is 291 cm³/mol. The van der Waals surface area contributed by atoms with Crippen molar-refractivity contribution < 1.29 is 0 Å². The van der Waals surface area contributed by atoms with Crippen molar-refractivity contribution in [3.05, 3.63) is 224 Å². The van der Waals surface area contributed by atoms with Crippen molar-refractivity contribution in [1.82, 2.24) is 59.0 Å². The van der Waals surface area contributed by atoms with Gasteiger partial charge in [0.15, 0.2) is 46.6 Å². The van der Waals surface area contributed by atoms with Gasteiger partial charge in [0.25, 0.3) is 0 Å². The highest BCUT2D eigenvalue weighted by molar-refractivity contribution is 6.10. The first-order valence-electron chi connectivity index (χ1n) is 24.4. The molecule has 0 spiro atoms. The quantitative estimate of drug-likeness (QED) is 0.137. The summed E-state index contributed by atoms with van der Waals surface area (Å²) < 4.78 is 4.39. The summed E-state index contributed by atoms with van der Waals surface area (Å²) in [6.45, 7) is 0. The van der Waals surface area contributed by atoms with Crippen LogP contribution in [0.25, 0.3) is 130 Å². The fourth-order valence-corrected chi connectivity index (χ4v) is 10.1. The van der Waals surface area contributed by atoms with Gasteiger partial charge in [-0.25, -0.2) is 39.9 Å². The molecule has 0 fully saturated rings. The maximum atomic E-state index is 5.23. The standard InChI is InChI=1S/C62H40N12/c1-5-17-39(18-6-1)57-67-58(40-19-7-2-8-20-40)70-61(69-57)49-35-63-37-55(65-49)73-51-27-15-13-25-45(51)47-33-43(29-31-53(47)73)44-30-32-54-48(34-44)46-26-14-16-28-52(46)74(54)56-38-64-36-50(66-56)62-71-59(41-21-9-3-10-22-41)68-60(72-62)42-23-11-4-12-24-42/h1-13,15-25,27-38H,14,26H2. The largest absolute Gasteiger partial charge is 0.293 e. The predicted octanol–water partition coefficient (Wildman–Crippen LogP) is 13.3. The van der Waals surface area contributed by atoms with Crippen LogP contribution in [0.2, 0.25) is 0 Å². The second-order valence-corrected chi connectivity index (χ2v) is 18.1. The lowest BCUT2D eigenvalue weighted by atomic mass is 9.97. The van der Waals surface area contributed by atoms with Gasteiger partial charge in [-0.05, 0) is 65.9 Å². The lowest BCUT2D eigenvalue weighted by Gasteiger charge is -2.12. The van der Waals surface area contributed by atoms with E-state index < -0.39 is 0 Å². The number of aromatic nitrogens is 12. The van der Waals surface area contributed by atoms with E-state index in [4.69, 9.17) is 49.8 Å². The van der Waals surface area contributed by atoms with E-state index in [0.717, 1.165) is 79.2 Å². The molecular formula is C62H40N12. The van der Waals surface area contributed by atoms with E-state index in [-0.39, 0.29) is 0 Å². The number of hydrogen-bond acceptors (Lipinski definition) is 10. The van der Waals surface area contributed by atoms with E-state index in [9.17, 15) is 0 Å². The van der Waals surface area contributed by atoms with E-state index in [0.29, 0.717) is 58.0 Å². The second kappa shape index (κ2) is 17.9. The average Bonchev–Trinajstić information content (AvgIpc) is 4.00. The van der Waals surface area contributed by atoms with Crippen molar-refractivity contribution in [2.45, 2.75) is 12.8 Å². The molecule has 0 atom stereocenters. The Morgan fingerprint density at radius 1 is 0.324 bits per heavy atom. The molecule has 0 unspecified atom stereocenters. The van der Waals surface area contributed by atoms with Crippen LogP contribution in [0.4, 0.5) is 0 Å². The minimum absolute atomic E-state index is 0.439. The monoisotopic (exact) mass is 952 g/mol. The van der Waals surface area contributed by atoms with Gasteiger partial charge in [0.1, 0.15) is 11.4 Å². The van der Waals surface area contributed by atoms with Crippen molar-refractivity contribution in [2.75, 3.05) is 0 Å². The SMILES string of the molecule is C1=Cc2c(c3cc(-c4ccc5c(c4)c4ccccc4n5-c4cncc(-c5nc(-c6ccccc6)nc(-c6ccccc6)n5)n4)ccc3n2-c2cncc(-c3nc(-c4ccccc4)nc(-c4ccccc4)n3)n2)CC1. The maximum absolute atomic E-state index is 5.23. The number of rotatable bonds is 9. The number of allylic oxidation sites excluding steroid dienone is 1. The first-order valence-corrected chi connectivity index (χ1v) is 24.4. The molecule has 7 aromatic carbocycles. The fourth-order valence-electron chi connectivity index (χ4n) is 10.1. The molecule has 13 aromatic rings. The molecule has 1 aliphatic rings. The van der Waals surface area contributed by atoms with Gasteiger partial charge in [-0.2, -0.15) is 0 Å². The molecule has 12 nitrogen and oxygen atoms in total. The maximum Gasteiger partial charge on any atom is 0.184 e. The summed E-state index contributed by atoms with van der Waals surface area (Å²) in [6, 6.07) is 61.6. The second-order valence-electron chi connectivity index (χ2n) is 18.1. The number of benzene rings is 7. The molecule has 0 bridgehead atoms. The van der Waals surface area contributed by atoms with E-state index in [1.807, 2.05) is 128 Å². The summed E-state index contributed by atoms with van der Waals surface area (Å²) in [5, 5.41) is 3.38. The highest BCUT2D eigenvalue weighted by atomic mass is 15.1. The molecule has 0 N–H and O–H groups in total. The van der Waals surface area contributed by atoms with Crippen molar-refractivity contribution in [1.29, 1.82) is 0 Å². The minimum atomic E-state index is 0.439. The van der Waals surface area contributed by atoms with Crippen LogP contribution < -0.4 is 0 Å². The van der Waals surface area contributed by atoms with Gasteiger partial charge >= 0.3 is 0 Å². The molecule has 0 amide bonds. The number of hydrogen-bond donors (Lipinski definition) is 0. The Bertz CT molecular complexity index is 4190. The van der Waals surface area contributed by atoms with Gasteiger partial charge in [0.2, 0.25) is 0 Å². The van der Waals surface area contributed by atoms with Crippen molar-refractivity contribution in [3.8, 4) is 91.4 Å². The summed E-state index contributed by atoms with van der Waals surface area (Å²) in [5.74, 6) is 4.49. The van der Waals surface area contributed by atoms with Gasteiger partial charge in [0, 0.05) is 38.4 Å². The smallest absolute Gasteiger partial charge is 0.184 e. The van der Waals surface area contributed by atoms with Crippen LogP contribution >= 0.6 is 0 Å². The summed E-state index contributed by atoms with van der Waals surface area (Å²) in [7, 11) is 0. The zero-order valence-electron chi connectivity index (χ0n) is 39.6. The molecule has 6 heterocycles. The third-order valence-corrected chi connectivity index (χ3v) is 13.5. The van der Waals surface area contributed by atoms with Crippen LogP contribution in [0.3, 0.4) is 0 Å². The molecule has 14 rings (SSSR count). The highest BCUT2D eigenvalue weighted by Gasteiger charge is 2.23. The zero-order valence-corrected chi connectivity index (χ0v) is 39.6. The third kappa shape index (κ3) is 7.56. The zero-order chi connectivity index (χ0) is 49.0. The molecule has 12 heteroatoms. The summed E-state index contributed by atoms with van der Waals surface area (Å²) in [4.78, 5) is 49.5. The highest BCUT2D eigenvalue weighted by Crippen LogP contribution is 2.39. The van der Waals surface area contributed by atoms with Crippen LogP contribution in [0.15, 0.2) is 213 Å². The van der Waals surface area contributed by atoms with Gasteiger partial charge in [0.05, 0.1) is 47.0 Å². The summed E-state index contributed by atoms with van der Waals surface area (Å²) in [6.07, 6.45) is 13.3. The van der Waals surface area contributed by atoms with E-state index >= 15 is 0 Å². The van der Waals surface area contributed by atoms with E-state index in [1.54, 1.807) is 18.6 Å². The average molecular weight is 953 g/mol. The van der Waals surface area contributed by atoms with Gasteiger partial charge in [-0.15, -0.1) is 0 Å². The lowest BCUT2D eigenvalue weighted by molar-refractivity contribution is 0.941. The summed E-state index contributed by atoms with van der Waals surface area (Å²) >= 11 is 0. The van der Waals surface area contributed by atoms with Gasteiger partial charge in [-0.3, -0.25) is 19.1 Å². The van der Waals surface area contributed by atoms with Crippen LogP contribution in [-0.2, 0) is 6.42 Å². The Morgan fingerprint density at radius 3 is 1.26 bits per heavy atom. The van der Waals surface area contributed by atoms with Crippen LogP contribution in [0, 0.1) is 0 Å². The summed E-state index contributed by atoms with van der Waals surface area (Å²) in [5.41, 5.74) is 12.3. The van der Waals surface area contributed by atoms with E-state index in [2.05, 4.69) is 81.9 Å². The molecule has 0 saturated heterocycles. The molecule has 348 valence electrons. The first kappa shape index (κ1) is 42.7. The lowest BCUT2D eigenvalue weighted by Crippen LogP contribution is -2.06. The minimum Gasteiger partial charge on any atom is -0.293 e. The molecule has 0 aliphatic heterocycles. The topological polar surface area (TPSA) is 139 Å². The Morgan fingerprint density at radius 2 is 0.743 bits per heavy atom. The fraction of sp³-hybridized carbons (Fsp3) is 0.0323. The number of fused-ring (bicyclic) bond motifs is 6. The van der Waals surface area contributed by atoms with Crippen molar-refractivity contribution >= 4 is 38.8 Å². The normalized spacial score (nSPS) is 12.2. The number of para-hydroxylation sites is 1. The Balaban J connectivity index is 0.852. The molecule has 74 heavy (non-hydrogen) atoms. The molecular weight excluding hydrogens is 913 g/mol. The van der Waals surface area contributed by atoms with Gasteiger partial charge < -0.3 is 0 Å². The number of nitrogens with zero attached hydrogens (tertiary/aromatic N) is 12. The van der Waals surface area contributed by atoms with Crippen LogP contribution in [0.5, 0.6) is 0 Å². The third-order valence-electron chi connectivity index (χ3n) is 13.5. The van der Waals surface area contributed by atoms with Crippen molar-refractivity contribution in [3.63, 3.8) is 0 Å². The Kier molecular flexibility index (Phi) is 10.3. The van der Waals surface area contributed by atoms with Crippen LogP contribution in [-0.4, -0.2) is 59.0 Å².